The van der Waals surface area contributed by atoms with E-state index in [1.54, 1.807) is 0 Å². The minimum absolute atomic E-state index is 0.324. The highest BCUT2D eigenvalue weighted by molar-refractivity contribution is 6.00. The standard InChI is InChI=1S/C15H18N2O2/c1-9-6-11(15(18)19-5)8-12-13(17(3)4)7-10(2)16-14(9)12/h6-8H,1-5H3. The number of rotatable bonds is 2. The summed E-state index contributed by atoms with van der Waals surface area (Å²) < 4.78 is 4.79. The molecule has 0 N–H and O–H groups in total. The Morgan fingerprint density at radius 1 is 1.21 bits per heavy atom. The van der Waals surface area contributed by atoms with Crippen molar-refractivity contribution in [2.24, 2.45) is 0 Å². The number of aromatic nitrogens is 1. The highest BCUT2D eigenvalue weighted by Gasteiger charge is 2.13. The molecule has 0 fully saturated rings. The first-order valence-corrected chi connectivity index (χ1v) is 6.11. The number of carbonyl (C=O) groups is 1. The van der Waals surface area contributed by atoms with Crippen LogP contribution in [-0.4, -0.2) is 32.2 Å². The molecule has 0 aliphatic heterocycles. The van der Waals surface area contributed by atoms with Crippen molar-refractivity contribution in [2.45, 2.75) is 13.8 Å². The van der Waals surface area contributed by atoms with Crippen LogP contribution in [0.25, 0.3) is 10.9 Å². The molecule has 0 aliphatic rings. The molecule has 4 heteroatoms. The largest absolute Gasteiger partial charge is 0.465 e. The van der Waals surface area contributed by atoms with Gasteiger partial charge in [-0.3, -0.25) is 4.98 Å². The molecular weight excluding hydrogens is 240 g/mol. The molecule has 0 amide bonds. The third-order valence-electron chi connectivity index (χ3n) is 3.11. The molecule has 0 unspecified atom stereocenters. The van der Waals surface area contributed by atoms with E-state index in [0.717, 1.165) is 27.8 Å². The number of hydrogen-bond donors (Lipinski definition) is 0. The number of ether oxygens (including phenoxy) is 1. The van der Waals surface area contributed by atoms with E-state index in [-0.39, 0.29) is 5.97 Å². The molecule has 1 heterocycles. The molecule has 0 saturated carbocycles. The molecule has 1 aromatic heterocycles. The molecule has 0 saturated heterocycles. The first-order valence-electron chi connectivity index (χ1n) is 6.11. The average molecular weight is 258 g/mol. The molecule has 1 aromatic carbocycles. The summed E-state index contributed by atoms with van der Waals surface area (Å²) in [4.78, 5) is 18.3. The van der Waals surface area contributed by atoms with E-state index in [0.29, 0.717) is 5.56 Å². The van der Waals surface area contributed by atoms with Crippen LogP contribution in [0.5, 0.6) is 0 Å². The summed E-state index contributed by atoms with van der Waals surface area (Å²) in [5.74, 6) is -0.324. The Balaban J connectivity index is 2.81. The third kappa shape index (κ3) is 2.38. The predicted octanol–water partition coefficient (Wildman–Crippen LogP) is 2.70. The highest BCUT2D eigenvalue weighted by atomic mass is 16.5. The third-order valence-corrected chi connectivity index (χ3v) is 3.11. The van der Waals surface area contributed by atoms with Gasteiger partial charge in [0, 0.05) is 30.9 Å². The average Bonchev–Trinajstić information content (AvgIpc) is 2.37. The highest BCUT2D eigenvalue weighted by Crippen LogP contribution is 2.29. The van der Waals surface area contributed by atoms with Crippen LogP contribution in [0.4, 0.5) is 5.69 Å². The van der Waals surface area contributed by atoms with Crippen molar-refractivity contribution in [1.82, 2.24) is 4.98 Å². The van der Waals surface area contributed by atoms with Gasteiger partial charge in [0.25, 0.3) is 0 Å². The summed E-state index contributed by atoms with van der Waals surface area (Å²) in [5.41, 5.74) is 4.48. The second-order valence-corrected chi connectivity index (χ2v) is 4.86. The molecule has 2 rings (SSSR count). The number of esters is 1. The number of methoxy groups -OCH3 is 1. The van der Waals surface area contributed by atoms with E-state index in [1.807, 2.05) is 51.0 Å². The van der Waals surface area contributed by atoms with Crippen LogP contribution in [0.15, 0.2) is 18.2 Å². The van der Waals surface area contributed by atoms with Gasteiger partial charge in [0.05, 0.1) is 18.2 Å². The molecule has 19 heavy (non-hydrogen) atoms. The maximum Gasteiger partial charge on any atom is 0.337 e. The van der Waals surface area contributed by atoms with Crippen molar-refractivity contribution in [3.8, 4) is 0 Å². The lowest BCUT2D eigenvalue weighted by Crippen LogP contribution is -2.11. The van der Waals surface area contributed by atoms with E-state index in [2.05, 4.69) is 4.98 Å². The van der Waals surface area contributed by atoms with Crippen LogP contribution in [0.1, 0.15) is 21.6 Å². The van der Waals surface area contributed by atoms with Gasteiger partial charge in [-0.15, -0.1) is 0 Å². The Morgan fingerprint density at radius 2 is 1.89 bits per heavy atom. The minimum Gasteiger partial charge on any atom is -0.465 e. The topological polar surface area (TPSA) is 42.4 Å². The molecule has 0 atom stereocenters. The summed E-state index contributed by atoms with van der Waals surface area (Å²) in [6, 6.07) is 5.68. The van der Waals surface area contributed by atoms with Crippen molar-refractivity contribution >= 4 is 22.6 Å². The number of benzene rings is 1. The lowest BCUT2D eigenvalue weighted by atomic mass is 10.0. The van der Waals surface area contributed by atoms with Crippen LogP contribution in [0, 0.1) is 13.8 Å². The van der Waals surface area contributed by atoms with Crippen LogP contribution in [0.2, 0.25) is 0 Å². The Kier molecular flexibility index (Phi) is 3.42. The molecule has 100 valence electrons. The van der Waals surface area contributed by atoms with Gasteiger partial charge in [0.1, 0.15) is 0 Å². The van der Waals surface area contributed by atoms with Crippen molar-refractivity contribution in [3.63, 3.8) is 0 Å². The van der Waals surface area contributed by atoms with Gasteiger partial charge in [-0.25, -0.2) is 4.79 Å². The second kappa shape index (κ2) is 4.88. The molecule has 0 spiro atoms. The fraction of sp³-hybridized carbons (Fsp3) is 0.333. The van der Waals surface area contributed by atoms with E-state index in [1.165, 1.54) is 7.11 Å². The molecule has 0 aliphatic carbocycles. The van der Waals surface area contributed by atoms with Crippen molar-refractivity contribution < 1.29 is 9.53 Å². The molecular formula is C15H18N2O2. The van der Waals surface area contributed by atoms with Gasteiger partial charge < -0.3 is 9.64 Å². The minimum atomic E-state index is -0.324. The van der Waals surface area contributed by atoms with Crippen LogP contribution in [0.3, 0.4) is 0 Å². The maximum atomic E-state index is 11.7. The Labute approximate surface area is 113 Å². The Morgan fingerprint density at radius 3 is 2.47 bits per heavy atom. The normalized spacial score (nSPS) is 10.6. The van der Waals surface area contributed by atoms with Crippen molar-refractivity contribution in [2.75, 3.05) is 26.1 Å². The number of carbonyl (C=O) groups excluding carboxylic acids is 1. The molecule has 0 radical (unpaired) electrons. The zero-order valence-corrected chi connectivity index (χ0v) is 11.9. The van der Waals surface area contributed by atoms with Gasteiger partial charge in [0.15, 0.2) is 0 Å². The lowest BCUT2D eigenvalue weighted by molar-refractivity contribution is 0.0601. The number of fused-ring (bicyclic) bond motifs is 1. The SMILES string of the molecule is COC(=O)c1cc(C)c2nc(C)cc(N(C)C)c2c1. The summed E-state index contributed by atoms with van der Waals surface area (Å²) in [7, 11) is 5.35. The van der Waals surface area contributed by atoms with Crippen molar-refractivity contribution in [1.29, 1.82) is 0 Å². The van der Waals surface area contributed by atoms with E-state index in [9.17, 15) is 4.79 Å². The monoisotopic (exact) mass is 258 g/mol. The summed E-state index contributed by atoms with van der Waals surface area (Å²) >= 11 is 0. The van der Waals surface area contributed by atoms with Gasteiger partial charge in [0.2, 0.25) is 0 Å². The first-order chi connectivity index (χ1) is 8.93. The molecule has 2 aromatic rings. The molecule has 0 bridgehead atoms. The Hall–Kier alpha value is -2.10. The Bertz CT molecular complexity index is 648. The van der Waals surface area contributed by atoms with Gasteiger partial charge in [-0.05, 0) is 37.6 Å². The van der Waals surface area contributed by atoms with Gasteiger partial charge >= 0.3 is 5.97 Å². The predicted molar refractivity (Wildman–Crippen MR) is 76.9 cm³/mol. The summed E-state index contributed by atoms with van der Waals surface area (Å²) in [6.07, 6.45) is 0. The van der Waals surface area contributed by atoms with E-state index >= 15 is 0 Å². The fourth-order valence-corrected chi connectivity index (χ4v) is 2.21. The number of nitrogens with zero attached hydrogens (tertiary/aromatic N) is 2. The smallest absolute Gasteiger partial charge is 0.337 e. The zero-order valence-electron chi connectivity index (χ0n) is 11.9. The van der Waals surface area contributed by atoms with E-state index < -0.39 is 0 Å². The van der Waals surface area contributed by atoms with Gasteiger partial charge in [-0.1, -0.05) is 0 Å². The van der Waals surface area contributed by atoms with Gasteiger partial charge in [-0.2, -0.15) is 0 Å². The zero-order chi connectivity index (χ0) is 14.2. The quantitative estimate of drug-likeness (QED) is 0.777. The fourth-order valence-electron chi connectivity index (χ4n) is 2.21. The number of pyridine rings is 1. The second-order valence-electron chi connectivity index (χ2n) is 4.86. The first kappa shape index (κ1) is 13.3. The van der Waals surface area contributed by atoms with Crippen LogP contribution >= 0.6 is 0 Å². The summed E-state index contributed by atoms with van der Waals surface area (Å²) in [6.45, 7) is 3.93. The summed E-state index contributed by atoms with van der Waals surface area (Å²) in [5, 5.41) is 0.969. The number of aryl methyl sites for hydroxylation is 2. The van der Waals surface area contributed by atoms with Crippen LogP contribution in [-0.2, 0) is 4.74 Å². The van der Waals surface area contributed by atoms with E-state index in [4.69, 9.17) is 4.74 Å². The van der Waals surface area contributed by atoms with Crippen LogP contribution < -0.4 is 4.90 Å². The molecule has 4 nitrogen and oxygen atoms in total. The maximum absolute atomic E-state index is 11.7. The lowest BCUT2D eigenvalue weighted by Gasteiger charge is -2.17. The number of anilines is 1. The van der Waals surface area contributed by atoms with Crippen molar-refractivity contribution in [3.05, 3.63) is 35.0 Å². The number of hydrogen-bond acceptors (Lipinski definition) is 4.